The average molecular weight is 288 g/mol. The highest BCUT2D eigenvalue weighted by atomic mass is 15.3. The first-order chi connectivity index (χ1) is 10.9. The second-order valence-electron chi connectivity index (χ2n) is 5.92. The van der Waals surface area contributed by atoms with Crippen LogP contribution in [0.2, 0.25) is 0 Å². The molecule has 0 amide bonds. The summed E-state index contributed by atoms with van der Waals surface area (Å²) < 4.78 is 0. The van der Waals surface area contributed by atoms with Crippen molar-refractivity contribution in [2.75, 3.05) is 23.3 Å². The number of para-hydroxylation sites is 2. The van der Waals surface area contributed by atoms with Gasteiger partial charge in [-0.05, 0) is 29.7 Å². The number of nitrogens with one attached hydrogen (secondary N) is 1. The molecule has 0 aliphatic carbocycles. The number of aromatic nitrogens is 2. The Balaban J connectivity index is 1.67. The molecule has 1 atom stereocenters. The molecule has 1 aromatic heterocycles. The molecule has 2 aliphatic heterocycles. The molecule has 2 aromatic carbocycles. The minimum Gasteiger partial charge on any atom is -0.365 e. The largest absolute Gasteiger partial charge is 0.365 e. The molecule has 0 saturated heterocycles. The van der Waals surface area contributed by atoms with Crippen LogP contribution in [0, 0.1) is 0 Å². The zero-order valence-electron chi connectivity index (χ0n) is 12.2. The van der Waals surface area contributed by atoms with E-state index in [1.165, 1.54) is 11.1 Å². The summed E-state index contributed by atoms with van der Waals surface area (Å²) in [5.74, 6) is 1.90. The van der Waals surface area contributed by atoms with E-state index in [1.807, 2.05) is 24.3 Å². The smallest absolute Gasteiger partial charge is 0.172 e. The fourth-order valence-corrected chi connectivity index (χ4v) is 3.63. The van der Waals surface area contributed by atoms with Crippen molar-refractivity contribution in [3.63, 3.8) is 0 Å². The normalized spacial score (nSPS) is 19.1. The van der Waals surface area contributed by atoms with E-state index in [1.54, 1.807) is 0 Å². The van der Waals surface area contributed by atoms with E-state index >= 15 is 0 Å². The molecule has 0 bridgehead atoms. The summed E-state index contributed by atoms with van der Waals surface area (Å²) in [4.78, 5) is 12.0. The molecule has 2 aliphatic rings. The van der Waals surface area contributed by atoms with Gasteiger partial charge in [-0.1, -0.05) is 36.4 Å². The van der Waals surface area contributed by atoms with Gasteiger partial charge in [0.2, 0.25) is 0 Å². The van der Waals surface area contributed by atoms with Gasteiger partial charge >= 0.3 is 0 Å². The summed E-state index contributed by atoms with van der Waals surface area (Å²) in [6.45, 7) is 1.89. The molecule has 5 rings (SSSR count). The number of benzene rings is 2. The van der Waals surface area contributed by atoms with Crippen LogP contribution >= 0.6 is 0 Å². The van der Waals surface area contributed by atoms with Crippen LogP contribution in [0.25, 0.3) is 11.0 Å². The molecule has 3 heterocycles. The topological polar surface area (TPSA) is 41.1 Å². The van der Waals surface area contributed by atoms with E-state index < -0.39 is 0 Å². The monoisotopic (exact) mass is 288 g/mol. The first-order valence-electron chi connectivity index (χ1n) is 7.75. The molecular weight excluding hydrogens is 272 g/mol. The van der Waals surface area contributed by atoms with Gasteiger partial charge in [0.05, 0.1) is 17.1 Å². The Bertz CT molecular complexity index is 874. The number of hydrogen-bond acceptors (Lipinski definition) is 4. The zero-order valence-corrected chi connectivity index (χ0v) is 12.2. The van der Waals surface area contributed by atoms with Crippen molar-refractivity contribution in [2.45, 2.75) is 12.5 Å². The molecule has 0 spiro atoms. The number of anilines is 2. The molecular formula is C18H16N4. The molecule has 4 nitrogen and oxygen atoms in total. The predicted octanol–water partition coefficient (Wildman–Crippen LogP) is 3.16. The highest BCUT2D eigenvalue weighted by Gasteiger charge is 2.33. The summed E-state index contributed by atoms with van der Waals surface area (Å²) in [7, 11) is 0. The Kier molecular flexibility index (Phi) is 2.41. The molecule has 108 valence electrons. The van der Waals surface area contributed by atoms with Crippen LogP contribution in [0.5, 0.6) is 0 Å². The maximum Gasteiger partial charge on any atom is 0.172 e. The lowest BCUT2D eigenvalue weighted by Gasteiger charge is -2.42. The lowest BCUT2D eigenvalue weighted by molar-refractivity contribution is 0.582. The highest BCUT2D eigenvalue weighted by molar-refractivity contribution is 5.81. The summed E-state index contributed by atoms with van der Waals surface area (Å²) in [6.07, 6.45) is 1.07. The van der Waals surface area contributed by atoms with Crippen LogP contribution in [-0.2, 0) is 6.42 Å². The van der Waals surface area contributed by atoms with Gasteiger partial charge in [0.1, 0.15) is 0 Å². The van der Waals surface area contributed by atoms with Crippen molar-refractivity contribution in [1.82, 2.24) is 9.97 Å². The van der Waals surface area contributed by atoms with Crippen LogP contribution in [0.15, 0.2) is 48.5 Å². The van der Waals surface area contributed by atoms with Gasteiger partial charge in [-0.25, -0.2) is 9.97 Å². The SMILES string of the molecule is c1ccc2c(c1)CCN1c3nc4ccccc4nc3NCC21. The van der Waals surface area contributed by atoms with Gasteiger partial charge in [0.25, 0.3) is 0 Å². The van der Waals surface area contributed by atoms with Crippen molar-refractivity contribution in [1.29, 1.82) is 0 Å². The summed E-state index contributed by atoms with van der Waals surface area (Å²) in [5.41, 5.74) is 4.79. The fourth-order valence-electron chi connectivity index (χ4n) is 3.63. The molecule has 3 aromatic rings. The van der Waals surface area contributed by atoms with Crippen molar-refractivity contribution in [2.24, 2.45) is 0 Å². The zero-order chi connectivity index (χ0) is 14.5. The highest BCUT2D eigenvalue weighted by Crippen LogP contribution is 2.39. The molecule has 0 radical (unpaired) electrons. The summed E-state index contributed by atoms with van der Waals surface area (Å²) >= 11 is 0. The van der Waals surface area contributed by atoms with E-state index in [0.29, 0.717) is 6.04 Å². The Morgan fingerprint density at radius 1 is 0.955 bits per heavy atom. The van der Waals surface area contributed by atoms with Gasteiger partial charge in [0, 0.05) is 13.1 Å². The van der Waals surface area contributed by atoms with Gasteiger partial charge in [-0.15, -0.1) is 0 Å². The first kappa shape index (κ1) is 12.0. The molecule has 22 heavy (non-hydrogen) atoms. The van der Waals surface area contributed by atoms with Crippen molar-refractivity contribution in [3.8, 4) is 0 Å². The average Bonchev–Trinajstić information content (AvgIpc) is 2.59. The lowest BCUT2D eigenvalue weighted by Crippen LogP contribution is -2.43. The Labute approximate surface area is 128 Å². The first-order valence-corrected chi connectivity index (χ1v) is 7.75. The van der Waals surface area contributed by atoms with Gasteiger partial charge in [0.15, 0.2) is 11.6 Å². The minimum atomic E-state index is 0.355. The van der Waals surface area contributed by atoms with Crippen LogP contribution in [-0.4, -0.2) is 23.1 Å². The predicted molar refractivity (Wildman–Crippen MR) is 88.3 cm³/mol. The Hall–Kier alpha value is -2.62. The Morgan fingerprint density at radius 2 is 1.73 bits per heavy atom. The van der Waals surface area contributed by atoms with Crippen molar-refractivity contribution in [3.05, 3.63) is 59.7 Å². The van der Waals surface area contributed by atoms with Gasteiger partial charge in [-0.3, -0.25) is 0 Å². The molecule has 1 unspecified atom stereocenters. The second kappa shape index (κ2) is 4.44. The van der Waals surface area contributed by atoms with E-state index in [9.17, 15) is 0 Å². The van der Waals surface area contributed by atoms with Crippen LogP contribution in [0.1, 0.15) is 17.2 Å². The van der Waals surface area contributed by atoms with Crippen molar-refractivity contribution >= 4 is 22.7 Å². The second-order valence-corrected chi connectivity index (χ2v) is 5.92. The third-order valence-corrected chi connectivity index (χ3v) is 4.70. The number of rotatable bonds is 0. The fraction of sp³-hybridized carbons (Fsp3) is 0.222. The summed E-state index contributed by atoms with van der Waals surface area (Å²) in [6, 6.07) is 17.2. The maximum absolute atomic E-state index is 4.87. The number of fused-ring (bicyclic) bond motifs is 6. The Morgan fingerprint density at radius 3 is 2.64 bits per heavy atom. The molecule has 1 N–H and O–H groups in total. The lowest BCUT2D eigenvalue weighted by atomic mass is 9.91. The third-order valence-electron chi connectivity index (χ3n) is 4.70. The maximum atomic E-state index is 4.87. The van der Waals surface area contributed by atoms with E-state index in [-0.39, 0.29) is 0 Å². The number of hydrogen-bond donors (Lipinski definition) is 1. The number of nitrogens with zero attached hydrogens (tertiary/aromatic N) is 3. The van der Waals surface area contributed by atoms with Gasteiger partial charge in [-0.2, -0.15) is 0 Å². The standard InChI is InChI=1S/C18H16N4/c1-2-6-13-12(5-1)9-10-22-16(13)11-19-17-18(22)21-15-8-4-3-7-14(15)20-17/h1-8,16H,9-11H2,(H,19,20). The van der Waals surface area contributed by atoms with Crippen LogP contribution < -0.4 is 10.2 Å². The van der Waals surface area contributed by atoms with Gasteiger partial charge < -0.3 is 10.2 Å². The van der Waals surface area contributed by atoms with Crippen molar-refractivity contribution < 1.29 is 0 Å². The quantitative estimate of drug-likeness (QED) is 0.690. The molecule has 0 fully saturated rings. The van der Waals surface area contributed by atoms with Crippen LogP contribution in [0.4, 0.5) is 11.6 Å². The van der Waals surface area contributed by atoms with Crippen LogP contribution in [0.3, 0.4) is 0 Å². The van der Waals surface area contributed by atoms with E-state index in [2.05, 4.69) is 34.5 Å². The van der Waals surface area contributed by atoms with E-state index in [0.717, 1.165) is 42.2 Å². The minimum absolute atomic E-state index is 0.355. The van der Waals surface area contributed by atoms with E-state index in [4.69, 9.17) is 9.97 Å². The summed E-state index contributed by atoms with van der Waals surface area (Å²) in [5, 5.41) is 3.48. The molecule has 0 saturated carbocycles. The third kappa shape index (κ3) is 1.64. The molecule has 4 heteroatoms.